The van der Waals surface area contributed by atoms with Gasteiger partial charge in [-0.3, -0.25) is 4.79 Å². The van der Waals surface area contributed by atoms with Gasteiger partial charge in [0.05, 0.1) is 11.3 Å². The third-order valence-electron chi connectivity index (χ3n) is 3.45. The number of nitrogens with zero attached hydrogens (tertiary/aromatic N) is 1. The molecule has 0 bridgehead atoms. The number of benzene rings is 1. The van der Waals surface area contributed by atoms with Crippen LogP contribution in [0, 0.1) is 6.92 Å². The van der Waals surface area contributed by atoms with Crippen LogP contribution in [0.4, 0.5) is 5.69 Å². The van der Waals surface area contributed by atoms with Crippen molar-refractivity contribution in [3.63, 3.8) is 0 Å². The second-order valence-corrected chi connectivity index (χ2v) is 5.12. The highest BCUT2D eigenvalue weighted by molar-refractivity contribution is 6.06. The predicted octanol–water partition coefficient (Wildman–Crippen LogP) is 2.81. The molecule has 0 spiro atoms. The van der Waals surface area contributed by atoms with Crippen molar-refractivity contribution in [3.8, 4) is 0 Å². The molecule has 2 N–H and O–H groups in total. The fourth-order valence-electron chi connectivity index (χ4n) is 2.18. The van der Waals surface area contributed by atoms with Crippen LogP contribution in [-0.2, 0) is 0 Å². The molecule has 0 aliphatic heterocycles. The smallest absolute Gasteiger partial charge is 0.335 e. The van der Waals surface area contributed by atoms with Crippen molar-refractivity contribution in [2.45, 2.75) is 25.7 Å². The Morgan fingerprint density at radius 2 is 1.95 bits per heavy atom. The van der Waals surface area contributed by atoms with Crippen LogP contribution < -0.4 is 5.32 Å². The molecule has 0 atom stereocenters. The van der Waals surface area contributed by atoms with Crippen molar-refractivity contribution in [1.82, 2.24) is 5.16 Å². The maximum atomic E-state index is 12.3. The Morgan fingerprint density at radius 1 is 1.29 bits per heavy atom. The van der Waals surface area contributed by atoms with E-state index in [1.165, 1.54) is 12.1 Å². The molecule has 21 heavy (non-hydrogen) atoms. The van der Waals surface area contributed by atoms with E-state index in [0.29, 0.717) is 28.6 Å². The van der Waals surface area contributed by atoms with E-state index in [0.717, 1.165) is 12.8 Å². The first kappa shape index (κ1) is 13.4. The Hall–Kier alpha value is -2.63. The highest BCUT2D eigenvalue weighted by Gasteiger charge is 2.34. The molecule has 1 aliphatic carbocycles. The molecule has 0 radical (unpaired) electrons. The molecule has 1 saturated carbocycles. The van der Waals surface area contributed by atoms with E-state index < -0.39 is 5.97 Å². The zero-order chi connectivity index (χ0) is 15.0. The number of aromatic nitrogens is 1. The normalized spacial score (nSPS) is 14.0. The van der Waals surface area contributed by atoms with Gasteiger partial charge in [-0.2, -0.15) is 0 Å². The Kier molecular flexibility index (Phi) is 3.21. The van der Waals surface area contributed by atoms with Crippen LogP contribution in [0.25, 0.3) is 0 Å². The summed E-state index contributed by atoms with van der Waals surface area (Å²) in [5.41, 5.74) is 1.76. The van der Waals surface area contributed by atoms with Crippen LogP contribution in [0.15, 0.2) is 28.8 Å². The van der Waals surface area contributed by atoms with Crippen molar-refractivity contribution >= 4 is 17.6 Å². The van der Waals surface area contributed by atoms with Gasteiger partial charge in [-0.15, -0.1) is 0 Å². The molecular weight excluding hydrogens is 272 g/mol. The summed E-state index contributed by atoms with van der Waals surface area (Å²) < 4.78 is 5.24. The number of aromatic carboxylic acids is 1. The van der Waals surface area contributed by atoms with Crippen molar-refractivity contribution in [3.05, 3.63) is 46.8 Å². The lowest BCUT2D eigenvalue weighted by atomic mass is 10.1. The quantitative estimate of drug-likeness (QED) is 0.901. The van der Waals surface area contributed by atoms with Gasteiger partial charge in [0.1, 0.15) is 5.56 Å². The summed E-state index contributed by atoms with van der Waals surface area (Å²) in [6.45, 7) is 1.73. The van der Waals surface area contributed by atoms with E-state index >= 15 is 0 Å². The van der Waals surface area contributed by atoms with Crippen LogP contribution in [-0.4, -0.2) is 22.1 Å². The minimum Gasteiger partial charge on any atom is -0.478 e. The number of amides is 1. The van der Waals surface area contributed by atoms with Gasteiger partial charge in [-0.05, 0) is 44.0 Å². The molecule has 1 aliphatic rings. The summed E-state index contributed by atoms with van der Waals surface area (Å²) in [4.78, 5) is 23.1. The molecule has 1 heterocycles. The first-order valence-corrected chi connectivity index (χ1v) is 6.67. The SMILES string of the molecule is Cc1noc(C2CC2)c1C(=O)Nc1ccc(C(=O)O)cc1. The van der Waals surface area contributed by atoms with E-state index in [2.05, 4.69) is 10.5 Å². The minimum absolute atomic E-state index is 0.174. The molecule has 6 heteroatoms. The second-order valence-electron chi connectivity index (χ2n) is 5.12. The monoisotopic (exact) mass is 286 g/mol. The van der Waals surface area contributed by atoms with E-state index in [-0.39, 0.29) is 11.5 Å². The number of hydrogen-bond donors (Lipinski definition) is 2. The van der Waals surface area contributed by atoms with Gasteiger partial charge in [0.25, 0.3) is 5.91 Å². The molecule has 2 aromatic rings. The largest absolute Gasteiger partial charge is 0.478 e. The van der Waals surface area contributed by atoms with Crippen LogP contribution in [0.5, 0.6) is 0 Å². The van der Waals surface area contributed by atoms with Crippen LogP contribution in [0.3, 0.4) is 0 Å². The van der Waals surface area contributed by atoms with E-state index in [1.54, 1.807) is 19.1 Å². The molecular formula is C15H14N2O4. The molecule has 3 rings (SSSR count). The summed E-state index contributed by atoms with van der Waals surface area (Å²) in [7, 11) is 0. The zero-order valence-corrected chi connectivity index (χ0v) is 11.4. The van der Waals surface area contributed by atoms with Crippen LogP contribution in [0.1, 0.15) is 50.9 Å². The molecule has 108 valence electrons. The number of carboxylic acids is 1. The number of carboxylic acid groups (broad SMARTS) is 1. The maximum Gasteiger partial charge on any atom is 0.335 e. The predicted molar refractivity (Wildman–Crippen MR) is 74.6 cm³/mol. The Balaban J connectivity index is 1.80. The summed E-state index contributed by atoms with van der Waals surface area (Å²) in [6.07, 6.45) is 2.03. The maximum absolute atomic E-state index is 12.3. The number of nitrogens with one attached hydrogen (secondary N) is 1. The molecule has 1 aromatic heterocycles. The van der Waals surface area contributed by atoms with Gasteiger partial charge in [0.15, 0.2) is 5.76 Å². The fraction of sp³-hybridized carbons (Fsp3) is 0.267. The number of carbonyl (C=O) groups excluding carboxylic acids is 1. The Morgan fingerprint density at radius 3 is 2.52 bits per heavy atom. The number of anilines is 1. The molecule has 1 fully saturated rings. The fourth-order valence-corrected chi connectivity index (χ4v) is 2.18. The van der Waals surface area contributed by atoms with Crippen molar-refractivity contribution in [2.75, 3.05) is 5.32 Å². The van der Waals surface area contributed by atoms with Crippen LogP contribution >= 0.6 is 0 Å². The third kappa shape index (κ3) is 2.65. The third-order valence-corrected chi connectivity index (χ3v) is 3.45. The number of hydrogen-bond acceptors (Lipinski definition) is 4. The van der Waals surface area contributed by atoms with Gasteiger partial charge in [-0.1, -0.05) is 5.16 Å². The minimum atomic E-state index is -1.00. The summed E-state index contributed by atoms with van der Waals surface area (Å²) in [5.74, 6) is -0.342. The molecule has 6 nitrogen and oxygen atoms in total. The van der Waals surface area contributed by atoms with Crippen molar-refractivity contribution in [2.24, 2.45) is 0 Å². The molecule has 1 aromatic carbocycles. The van der Waals surface area contributed by atoms with Gasteiger partial charge in [-0.25, -0.2) is 4.79 Å². The lowest BCUT2D eigenvalue weighted by Crippen LogP contribution is -2.14. The average Bonchev–Trinajstić information content (AvgIpc) is 3.22. The molecule has 0 saturated heterocycles. The first-order chi connectivity index (χ1) is 10.1. The molecule has 1 amide bonds. The van der Waals surface area contributed by atoms with Crippen molar-refractivity contribution < 1.29 is 19.2 Å². The van der Waals surface area contributed by atoms with Gasteiger partial charge < -0.3 is 14.9 Å². The Labute approximate surface area is 120 Å². The zero-order valence-electron chi connectivity index (χ0n) is 11.4. The Bertz CT molecular complexity index is 699. The lowest BCUT2D eigenvalue weighted by Gasteiger charge is -2.05. The van der Waals surface area contributed by atoms with E-state index in [4.69, 9.17) is 9.63 Å². The number of rotatable bonds is 4. The number of aryl methyl sites for hydroxylation is 1. The molecule has 0 unspecified atom stereocenters. The highest BCUT2D eigenvalue weighted by Crippen LogP contribution is 2.42. The summed E-state index contributed by atoms with van der Waals surface area (Å²) >= 11 is 0. The van der Waals surface area contributed by atoms with Crippen LogP contribution in [0.2, 0.25) is 0 Å². The summed E-state index contributed by atoms with van der Waals surface area (Å²) in [5, 5.41) is 15.4. The van der Waals surface area contributed by atoms with Gasteiger partial charge in [0.2, 0.25) is 0 Å². The van der Waals surface area contributed by atoms with Gasteiger partial charge in [0, 0.05) is 11.6 Å². The second kappa shape index (κ2) is 5.05. The summed E-state index contributed by atoms with van der Waals surface area (Å²) in [6, 6.07) is 6.00. The first-order valence-electron chi connectivity index (χ1n) is 6.67. The van der Waals surface area contributed by atoms with E-state index in [9.17, 15) is 9.59 Å². The topological polar surface area (TPSA) is 92.4 Å². The lowest BCUT2D eigenvalue weighted by molar-refractivity contribution is 0.0696. The average molecular weight is 286 g/mol. The van der Waals surface area contributed by atoms with Crippen molar-refractivity contribution in [1.29, 1.82) is 0 Å². The standard InChI is InChI=1S/C15H14N2O4/c1-8-12(13(21-17-8)9-2-3-9)14(18)16-11-6-4-10(5-7-11)15(19)20/h4-7,9H,2-3H2,1H3,(H,16,18)(H,19,20). The van der Waals surface area contributed by atoms with E-state index in [1.807, 2.05) is 0 Å². The number of carbonyl (C=O) groups is 2. The van der Waals surface area contributed by atoms with Gasteiger partial charge >= 0.3 is 5.97 Å². The highest BCUT2D eigenvalue weighted by atomic mass is 16.5.